The Morgan fingerprint density at radius 3 is 2.00 bits per heavy atom. The number of alkyl carbamates (subject to hydrolysis) is 1. The van der Waals surface area contributed by atoms with Gasteiger partial charge in [0.15, 0.2) is 0 Å². The Hall–Kier alpha value is -2.45. The van der Waals surface area contributed by atoms with Gasteiger partial charge in [0.05, 0.1) is 30.0 Å². The van der Waals surface area contributed by atoms with Crippen LogP contribution < -0.4 is 21.3 Å². The first-order chi connectivity index (χ1) is 20.6. The molecule has 0 aliphatic heterocycles. The summed E-state index contributed by atoms with van der Waals surface area (Å²) in [6, 6.07) is -3.50. The average molecular weight is 663 g/mol. The third-order valence-corrected chi connectivity index (χ3v) is 8.63. The SMILES string of the molecule is CC(C)C[C@H](NC(=O)[C@H](CCS(C)(=O)=O)NC(=O)[C@@H](NC(=O)OC(C)(C)C)C(C)C)[C@@H](O)C[C@@H](C)C(=O)N[C@@H]1CCCCC1O. The zero-order valence-electron chi connectivity index (χ0n) is 28.5. The first kappa shape index (κ1) is 40.6. The first-order valence-corrected chi connectivity index (χ1v) is 18.1. The van der Waals surface area contributed by atoms with Gasteiger partial charge in [0, 0.05) is 12.2 Å². The Labute approximate surface area is 269 Å². The minimum absolute atomic E-state index is 0.0297. The molecule has 0 saturated heterocycles. The van der Waals surface area contributed by atoms with E-state index in [2.05, 4.69) is 21.3 Å². The second-order valence-electron chi connectivity index (χ2n) is 14.3. The Balaban J connectivity index is 3.08. The monoisotopic (exact) mass is 662 g/mol. The van der Waals surface area contributed by atoms with Crippen molar-refractivity contribution >= 4 is 33.7 Å². The van der Waals surface area contributed by atoms with Gasteiger partial charge in [-0.05, 0) is 64.7 Å². The number of aliphatic hydroxyl groups excluding tert-OH is 2. The average Bonchev–Trinajstić information content (AvgIpc) is 2.88. The van der Waals surface area contributed by atoms with Crippen LogP contribution in [0.5, 0.6) is 0 Å². The Morgan fingerprint density at radius 2 is 1.49 bits per heavy atom. The van der Waals surface area contributed by atoms with Crippen molar-refractivity contribution in [1.82, 2.24) is 21.3 Å². The van der Waals surface area contributed by atoms with Crippen LogP contribution in [0.2, 0.25) is 0 Å². The number of hydrogen-bond donors (Lipinski definition) is 6. The molecule has 1 unspecified atom stereocenters. The van der Waals surface area contributed by atoms with E-state index in [0.29, 0.717) is 19.3 Å². The fourth-order valence-corrected chi connectivity index (χ4v) is 5.84. The summed E-state index contributed by atoms with van der Waals surface area (Å²) in [5.74, 6) is -3.05. The number of carbonyl (C=O) groups excluding carboxylic acids is 4. The molecule has 45 heavy (non-hydrogen) atoms. The van der Waals surface area contributed by atoms with Gasteiger partial charge in [-0.25, -0.2) is 13.2 Å². The molecular formula is C31H58N4O9S. The lowest BCUT2D eigenvalue weighted by molar-refractivity contribution is -0.131. The maximum Gasteiger partial charge on any atom is 0.408 e. The highest BCUT2D eigenvalue weighted by atomic mass is 32.2. The van der Waals surface area contributed by atoms with Crippen molar-refractivity contribution in [2.75, 3.05) is 12.0 Å². The smallest absolute Gasteiger partial charge is 0.408 e. The molecule has 7 atom stereocenters. The van der Waals surface area contributed by atoms with E-state index in [-0.39, 0.29) is 30.7 Å². The van der Waals surface area contributed by atoms with E-state index in [1.165, 1.54) is 0 Å². The molecule has 6 N–H and O–H groups in total. The number of hydrogen-bond acceptors (Lipinski definition) is 9. The van der Waals surface area contributed by atoms with Gasteiger partial charge >= 0.3 is 6.09 Å². The third-order valence-electron chi connectivity index (χ3n) is 7.65. The van der Waals surface area contributed by atoms with Gasteiger partial charge in [0.1, 0.15) is 27.5 Å². The molecule has 14 heteroatoms. The van der Waals surface area contributed by atoms with E-state index in [1.807, 2.05) is 13.8 Å². The molecule has 13 nitrogen and oxygen atoms in total. The van der Waals surface area contributed by atoms with Gasteiger partial charge in [-0.15, -0.1) is 0 Å². The molecule has 4 amide bonds. The zero-order chi connectivity index (χ0) is 34.7. The molecule has 0 heterocycles. The summed E-state index contributed by atoms with van der Waals surface area (Å²) in [5, 5.41) is 32.2. The number of amides is 4. The number of rotatable bonds is 16. The van der Waals surface area contributed by atoms with E-state index in [9.17, 15) is 37.8 Å². The van der Waals surface area contributed by atoms with Crippen LogP contribution in [0.25, 0.3) is 0 Å². The summed E-state index contributed by atoms with van der Waals surface area (Å²) in [5.41, 5.74) is -0.804. The van der Waals surface area contributed by atoms with Crippen LogP contribution in [0.3, 0.4) is 0 Å². The summed E-state index contributed by atoms with van der Waals surface area (Å²) in [4.78, 5) is 52.1. The van der Waals surface area contributed by atoms with Crippen LogP contribution >= 0.6 is 0 Å². The van der Waals surface area contributed by atoms with Gasteiger partial charge in [0.25, 0.3) is 0 Å². The molecule has 262 valence electrons. The molecule has 1 fully saturated rings. The highest BCUT2D eigenvalue weighted by molar-refractivity contribution is 7.90. The fourth-order valence-electron chi connectivity index (χ4n) is 5.17. The van der Waals surface area contributed by atoms with Crippen molar-refractivity contribution in [1.29, 1.82) is 0 Å². The molecular weight excluding hydrogens is 604 g/mol. The van der Waals surface area contributed by atoms with Crippen molar-refractivity contribution in [2.45, 2.75) is 142 Å². The minimum atomic E-state index is -3.50. The second-order valence-corrected chi connectivity index (χ2v) is 16.5. The standard InChI is InChI=1S/C31H58N4O9S/c1-18(2)16-23(25(37)17-20(5)27(38)32-21-12-10-11-13-24(21)36)34-28(39)22(14-15-45(9,42)43)33-29(40)26(19(3)4)35-30(41)44-31(6,7)8/h18-26,36-37H,10-17H2,1-9H3,(H,32,38)(H,33,40)(H,34,39)(H,35,41)/t20-,21-,22+,23+,24?,25+,26+/m1/s1. The van der Waals surface area contributed by atoms with Gasteiger partial charge in [0.2, 0.25) is 17.7 Å². The molecule has 1 rings (SSSR count). The summed E-state index contributed by atoms with van der Waals surface area (Å²) < 4.78 is 29.2. The molecule has 0 aromatic carbocycles. The van der Waals surface area contributed by atoms with Gasteiger partial charge < -0.3 is 36.2 Å². The third kappa shape index (κ3) is 16.1. The van der Waals surface area contributed by atoms with Crippen LogP contribution in [0.4, 0.5) is 4.79 Å². The lowest BCUT2D eigenvalue weighted by atomic mass is 9.90. The second kappa shape index (κ2) is 18.0. The molecule has 1 aliphatic rings. The summed E-state index contributed by atoms with van der Waals surface area (Å²) in [7, 11) is -3.50. The topological polar surface area (TPSA) is 200 Å². The molecule has 1 saturated carbocycles. The Bertz CT molecular complexity index is 1090. The van der Waals surface area contributed by atoms with E-state index < -0.39 is 81.3 Å². The predicted octanol–water partition coefficient (Wildman–Crippen LogP) is 1.79. The van der Waals surface area contributed by atoms with Crippen LogP contribution in [-0.4, -0.2) is 96.4 Å². The minimum Gasteiger partial charge on any atom is -0.444 e. The highest BCUT2D eigenvalue weighted by Gasteiger charge is 2.34. The van der Waals surface area contributed by atoms with Crippen molar-refractivity contribution in [2.24, 2.45) is 17.8 Å². The van der Waals surface area contributed by atoms with E-state index >= 15 is 0 Å². The molecule has 0 radical (unpaired) electrons. The summed E-state index contributed by atoms with van der Waals surface area (Å²) in [6.45, 7) is 13.9. The van der Waals surface area contributed by atoms with E-state index in [4.69, 9.17) is 4.74 Å². The summed E-state index contributed by atoms with van der Waals surface area (Å²) >= 11 is 0. The Morgan fingerprint density at radius 1 is 0.889 bits per heavy atom. The molecule has 0 spiro atoms. The quantitative estimate of drug-likeness (QED) is 0.143. The number of ether oxygens (including phenoxy) is 1. The molecule has 1 aliphatic carbocycles. The fraction of sp³-hybridized carbons (Fsp3) is 0.871. The van der Waals surface area contributed by atoms with Crippen LogP contribution in [0.1, 0.15) is 100 Å². The largest absolute Gasteiger partial charge is 0.444 e. The number of nitrogens with one attached hydrogen (secondary N) is 4. The number of carbonyl (C=O) groups is 4. The maximum absolute atomic E-state index is 13.6. The Kier molecular flexibility index (Phi) is 16.3. The van der Waals surface area contributed by atoms with Gasteiger partial charge in [-0.1, -0.05) is 47.5 Å². The number of aliphatic hydroxyl groups is 2. The summed E-state index contributed by atoms with van der Waals surface area (Å²) in [6.07, 6.45) is 1.73. The van der Waals surface area contributed by atoms with Crippen molar-refractivity contribution < 1.29 is 42.5 Å². The van der Waals surface area contributed by atoms with Crippen LogP contribution in [-0.2, 0) is 29.0 Å². The molecule has 0 aromatic heterocycles. The molecule has 0 bridgehead atoms. The van der Waals surface area contributed by atoms with E-state index in [0.717, 1.165) is 19.1 Å². The van der Waals surface area contributed by atoms with Crippen LogP contribution in [0.15, 0.2) is 0 Å². The van der Waals surface area contributed by atoms with Crippen molar-refractivity contribution in [3.8, 4) is 0 Å². The van der Waals surface area contributed by atoms with Gasteiger partial charge in [-0.2, -0.15) is 0 Å². The van der Waals surface area contributed by atoms with E-state index in [1.54, 1.807) is 41.5 Å². The first-order valence-electron chi connectivity index (χ1n) is 16.0. The lowest BCUT2D eigenvalue weighted by Crippen LogP contribution is -2.58. The molecule has 0 aromatic rings. The lowest BCUT2D eigenvalue weighted by Gasteiger charge is -2.32. The van der Waals surface area contributed by atoms with Crippen LogP contribution in [0, 0.1) is 17.8 Å². The highest BCUT2D eigenvalue weighted by Crippen LogP contribution is 2.21. The maximum atomic E-state index is 13.6. The van der Waals surface area contributed by atoms with Gasteiger partial charge in [-0.3, -0.25) is 14.4 Å². The normalized spacial score (nSPS) is 20.8. The van der Waals surface area contributed by atoms with Crippen molar-refractivity contribution in [3.63, 3.8) is 0 Å². The zero-order valence-corrected chi connectivity index (χ0v) is 29.3. The predicted molar refractivity (Wildman–Crippen MR) is 172 cm³/mol. The number of sulfone groups is 1. The van der Waals surface area contributed by atoms with Crippen molar-refractivity contribution in [3.05, 3.63) is 0 Å².